The molecule has 0 spiro atoms. The fourth-order valence-electron chi connectivity index (χ4n) is 0.493. The molecule has 0 aromatic heterocycles. The first-order valence-electron chi connectivity index (χ1n) is 3.75. The molecule has 0 saturated carbocycles. The molecule has 0 bridgehead atoms. The van der Waals surface area contributed by atoms with Crippen LogP contribution in [-0.2, 0) is 0 Å². The molecule has 3 heteroatoms. The van der Waals surface area contributed by atoms with Gasteiger partial charge >= 0.3 is 0 Å². The molecule has 0 aromatic carbocycles. The van der Waals surface area contributed by atoms with Crippen molar-refractivity contribution >= 4 is 12.4 Å². The van der Waals surface area contributed by atoms with Crippen molar-refractivity contribution in [2.75, 3.05) is 6.54 Å². The van der Waals surface area contributed by atoms with E-state index in [1.165, 1.54) is 0 Å². The third-order valence-corrected chi connectivity index (χ3v) is 1.07. The van der Waals surface area contributed by atoms with Crippen LogP contribution in [0.15, 0.2) is 0 Å². The molecule has 0 rings (SSSR count). The Labute approximate surface area is 76.3 Å². The second kappa shape index (κ2) is 4.29. The second-order valence-electron chi connectivity index (χ2n) is 4.59. The average Bonchev–Trinajstić information content (AvgIpc) is 1.57. The topological polar surface area (TPSA) is 38.0 Å². The summed E-state index contributed by atoms with van der Waals surface area (Å²) < 4.78 is 0. The lowest BCUT2D eigenvalue weighted by atomic mass is 10.0. The Morgan fingerprint density at radius 1 is 1.09 bits per heavy atom. The van der Waals surface area contributed by atoms with Crippen LogP contribution in [-0.4, -0.2) is 17.6 Å². The van der Waals surface area contributed by atoms with Gasteiger partial charge in [-0.05, 0) is 34.6 Å². The van der Waals surface area contributed by atoms with Crippen molar-refractivity contribution in [3.8, 4) is 0 Å². The number of hydrogen-bond donors (Lipinski definition) is 2. The number of halogens is 1. The van der Waals surface area contributed by atoms with E-state index in [4.69, 9.17) is 5.73 Å². The molecule has 0 aliphatic carbocycles. The summed E-state index contributed by atoms with van der Waals surface area (Å²) in [5, 5.41) is 3.34. The Hall–Kier alpha value is 0.210. The molecule has 0 fully saturated rings. The maximum absolute atomic E-state index is 5.78. The van der Waals surface area contributed by atoms with Gasteiger partial charge in [0.2, 0.25) is 0 Å². The molecule has 0 amide bonds. The SMILES string of the molecule is CC(C)(N)CNC(C)(C)C.Cl. The summed E-state index contributed by atoms with van der Waals surface area (Å²) in [5.41, 5.74) is 5.85. The number of nitrogens with one attached hydrogen (secondary N) is 1. The van der Waals surface area contributed by atoms with Crippen LogP contribution in [0.5, 0.6) is 0 Å². The maximum atomic E-state index is 5.78. The monoisotopic (exact) mass is 180 g/mol. The van der Waals surface area contributed by atoms with Gasteiger partial charge in [-0.3, -0.25) is 0 Å². The summed E-state index contributed by atoms with van der Waals surface area (Å²) in [7, 11) is 0. The highest BCUT2D eigenvalue weighted by molar-refractivity contribution is 5.85. The Balaban J connectivity index is 0. The minimum Gasteiger partial charge on any atom is -0.324 e. The van der Waals surface area contributed by atoms with Gasteiger partial charge in [0.1, 0.15) is 0 Å². The normalized spacial score (nSPS) is 12.5. The van der Waals surface area contributed by atoms with E-state index in [0.29, 0.717) is 0 Å². The smallest absolute Gasteiger partial charge is 0.0223 e. The molecule has 3 N–H and O–H groups in total. The molecular weight excluding hydrogens is 160 g/mol. The van der Waals surface area contributed by atoms with Crippen LogP contribution < -0.4 is 11.1 Å². The van der Waals surface area contributed by atoms with E-state index in [9.17, 15) is 0 Å². The van der Waals surface area contributed by atoms with Crippen LogP contribution >= 0.6 is 12.4 Å². The van der Waals surface area contributed by atoms with Gasteiger partial charge in [0, 0.05) is 17.6 Å². The quantitative estimate of drug-likeness (QED) is 0.677. The zero-order valence-corrected chi connectivity index (χ0v) is 9.01. The summed E-state index contributed by atoms with van der Waals surface area (Å²) in [6.07, 6.45) is 0. The summed E-state index contributed by atoms with van der Waals surface area (Å²) in [5.74, 6) is 0. The van der Waals surface area contributed by atoms with E-state index in [1.54, 1.807) is 0 Å². The van der Waals surface area contributed by atoms with Gasteiger partial charge in [-0.2, -0.15) is 0 Å². The van der Waals surface area contributed by atoms with E-state index in [-0.39, 0.29) is 23.5 Å². The van der Waals surface area contributed by atoms with Crippen LogP contribution in [0.3, 0.4) is 0 Å². The average molecular weight is 181 g/mol. The van der Waals surface area contributed by atoms with Gasteiger partial charge in [-0.15, -0.1) is 12.4 Å². The first-order valence-corrected chi connectivity index (χ1v) is 3.75. The van der Waals surface area contributed by atoms with E-state index >= 15 is 0 Å². The fourth-order valence-corrected chi connectivity index (χ4v) is 0.493. The lowest BCUT2D eigenvalue weighted by molar-refractivity contribution is 0.364. The predicted molar refractivity (Wildman–Crippen MR) is 53.3 cm³/mol. The van der Waals surface area contributed by atoms with Crippen molar-refractivity contribution in [3.05, 3.63) is 0 Å². The summed E-state index contributed by atoms with van der Waals surface area (Å²) >= 11 is 0. The van der Waals surface area contributed by atoms with Gasteiger partial charge in [-0.25, -0.2) is 0 Å². The molecule has 0 saturated heterocycles. The minimum atomic E-state index is -0.104. The molecule has 11 heavy (non-hydrogen) atoms. The standard InChI is InChI=1S/C8H20N2.ClH/c1-7(2,3)10-6-8(4,5)9;/h10H,6,9H2,1-5H3;1H. The molecule has 0 aliphatic rings. The first kappa shape index (κ1) is 13.8. The highest BCUT2D eigenvalue weighted by Gasteiger charge is 2.15. The van der Waals surface area contributed by atoms with Crippen LogP contribution in [0.2, 0.25) is 0 Å². The summed E-state index contributed by atoms with van der Waals surface area (Å²) in [6, 6.07) is 0. The summed E-state index contributed by atoms with van der Waals surface area (Å²) in [6.45, 7) is 11.3. The molecule has 70 valence electrons. The molecular formula is C8H21ClN2. The Morgan fingerprint density at radius 3 is 1.55 bits per heavy atom. The molecule has 0 atom stereocenters. The van der Waals surface area contributed by atoms with Gasteiger partial charge < -0.3 is 11.1 Å². The number of nitrogens with two attached hydrogens (primary N) is 1. The van der Waals surface area contributed by atoms with Crippen molar-refractivity contribution in [1.29, 1.82) is 0 Å². The third kappa shape index (κ3) is 13.2. The predicted octanol–water partition coefficient (Wildman–Crippen LogP) is 1.53. The van der Waals surface area contributed by atoms with Crippen LogP contribution in [0.4, 0.5) is 0 Å². The zero-order valence-electron chi connectivity index (χ0n) is 8.19. The zero-order chi connectivity index (χ0) is 8.41. The van der Waals surface area contributed by atoms with Crippen LogP contribution in [0.25, 0.3) is 0 Å². The van der Waals surface area contributed by atoms with E-state index in [1.807, 2.05) is 13.8 Å². The lowest BCUT2D eigenvalue weighted by Crippen LogP contribution is -2.49. The van der Waals surface area contributed by atoms with Crippen LogP contribution in [0.1, 0.15) is 34.6 Å². The highest BCUT2D eigenvalue weighted by Crippen LogP contribution is 2.01. The Kier molecular flexibility index (Phi) is 5.37. The lowest BCUT2D eigenvalue weighted by Gasteiger charge is -2.27. The maximum Gasteiger partial charge on any atom is 0.0223 e. The Bertz CT molecular complexity index is 85.6. The van der Waals surface area contributed by atoms with Crippen molar-refractivity contribution in [1.82, 2.24) is 5.32 Å². The van der Waals surface area contributed by atoms with Crippen molar-refractivity contribution in [2.24, 2.45) is 5.73 Å². The molecule has 0 aliphatic heterocycles. The minimum absolute atomic E-state index is 0. The van der Waals surface area contributed by atoms with Crippen molar-refractivity contribution in [2.45, 2.75) is 45.7 Å². The third-order valence-electron chi connectivity index (χ3n) is 1.07. The molecule has 0 heterocycles. The van der Waals surface area contributed by atoms with Gasteiger partial charge in [-0.1, -0.05) is 0 Å². The second-order valence-corrected chi connectivity index (χ2v) is 4.59. The molecule has 0 radical (unpaired) electrons. The molecule has 0 aromatic rings. The largest absolute Gasteiger partial charge is 0.324 e. The molecule has 2 nitrogen and oxygen atoms in total. The first-order chi connectivity index (χ1) is 4.21. The van der Waals surface area contributed by atoms with Crippen LogP contribution in [0, 0.1) is 0 Å². The van der Waals surface area contributed by atoms with Gasteiger partial charge in [0.25, 0.3) is 0 Å². The van der Waals surface area contributed by atoms with Crippen molar-refractivity contribution < 1.29 is 0 Å². The van der Waals surface area contributed by atoms with E-state index < -0.39 is 0 Å². The summed E-state index contributed by atoms with van der Waals surface area (Å²) in [4.78, 5) is 0. The number of hydrogen-bond acceptors (Lipinski definition) is 2. The van der Waals surface area contributed by atoms with Gasteiger partial charge in [0.15, 0.2) is 0 Å². The van der Waals surface area contributed by atoms with E-state index in [2.05, 4.69) is 26.1 Å². The fraction of sp³-hybridized carbons (Fsp3) is 1.00. The van der Waals surface area contributed by atoms with E-state index in [0.717, 1.165) is 6.54 Å². The van der Waals surface area contributed by atoms with Crippen molar-refractivity contribution in [3.63, 3.8) is 0 Å². The number of rotatable bonds is 2. The molecule has 0 unspecified atom stereocenters. The highest BCUT2D eigenvalue weighted by atomic mass is 35.5. The van der Waals surface area contributed by atoms with Gasteiger partial charge in [0.05, 0.1) is 0 Å². The Morgan fingerprint density at radius 2 is 1.45 bits per heavy atom.